The Balaban J connectivity index is 2.35. The zero-order valence-electron chi connectivity index (χ0n) is 8.64. The van der Waals surface area contributed by atoms with Gasteiger partial charge in [0.1, 0.15) is 5.03 Å². The van der Waals surface area contributed by atoms with Crippen molar-refractivity contribution in [1.29, 1.82) is 0 Å². The molecule has 2 aromatic rings. The van der Waals surface area contributed by atoms with Gasteiger partial charge in [-0.25, -0.2) is 9.97 Å². The van der Waals surface area contributed by atoms with Crippen molar-refractivity contribution in [2.24, 2.45) is 0 Å². The molecule has 0 aliphatic heterocycles. The van der Waals surface area contributed by atoms with Crippen molar-refractivity contribution in [1.82, 2.24) is 9.97 Å². The van der Waals surface area contributed by atoms with E-state index in [-0.39, 0.29) is 5.28 Å². The molecule has 0 fully saturated rings. The van der Waals surface area contributed by atoms with Crippen molar-refractivity contribution in [3.63, 3.8) is 0 Å². The summed E-state index contributed by atoms with van der Waals surface area (Å²) in [7, 11) is 0. The summed E-state index contributed by atoms with van der Waals surface area (Å²) >= 11 is 7.28. The smallest absolute Gasteiger partial charge is 0.223 e. The Kier molecular flexibility index (Phi) is 3.31. The van der Waals surface area contributed by atoms with E-state index in [0.717, 1.165) is 4.90 Å². The summed E-state index contributed by atoms with van der Waals surface area (Å²) in [4.78, 5) is 9.19. The van der Waals surface area contributed by atoms with Crippen LogP contribution in [0.25, 0.3) is 0 Å². The van der Waals surface area contributed by atoms with Crippen molar-refractivity contribution in [3.05, 3.63) is 41.3 Å². The molecule has 0 amide bonds. The number of hydrogen-bond donors (Lipinski definition) is 1. The third-order valence-electron chi connectivity index (χ3n) is 2.03. The van der Waals surface area contributed by atoms with Crippen molar-refractivity contribution in [2.75, 3.05) is 5.73 Å². The summed E-state index contributed by atoms with van der Waals surface area (Å²) in [5.41, 5.74) is 7.18. The molecule has 0 atom stereocenters. The average molecular weight is 252 g/mol. The molecule has 2 rings (SSSR count). The van der Waals surface area contributed by atoms with Crippen LogP contribution in [0.3, 0.4) is 0 Å². The number of hydrogen-bond acceptors (Lipinski definition) is 4. The molecule has 0 aliphatic carbocycles. The van der Waals surface area contributed by atoms with Gasteiger partial charge in [0.2, 0.25) is 5.28 Å². The highest BCUT2D eigenvalue weighted by molar-refractivity contribution is 7.99. The Bertz CT molecular complexity index is 502. The second-order valence-corrected chi connectivity index (χ2v) is 4.61. The van der Waals surface area contributed by atoms with Crippen LogP contribution in [-0.4, -0.2) is 9.97 Å². The number of rotatable bonds is 2. The molecule has 0 radical (unpaired) electrons. The van der Waals surface area contributed by atoms with Crippen LogP contribution in [-0.2, 0) is 0 Å². The molecule has 0 saturated heterocycles. The van der Waals surface area contributed by atoms with Crippen LogP contribution >= 0.6 is 23.4 Å². The maximum absolute atomic E-state index is 5.89. The van der Waals surface area contributed by atoms with Crippen molar-refractivity contribution in [2.45, 2.75) is 16.8 Å². The summed E-state index contributed by atoms with van der Waals surface area (Å²) in [6, 6.07) is 9.89. The first-order valence-electron chi connectivity index (χ1n) is 4.69. The highest BCUT2D eigenvalue weighted by Gasteiger charge is 2.08. The van der Waals surface area contributed by atoms with Crippen LogP contribution in [0.1, 0.15) is 5.69 Å². The van der Waals surface area contributed by atoms with Gasteiger partial charge >= 0.3 is 0 Å². The van der Waals surface area contributed by atoms with E-state index in [1.807, 2.05) is 37.3 Å². The summed E-state index contributed by atoms with van der Waals surface area (Å²) < 4.78 is 0. The van der Waals surface area contributed by atoms with E-state index in [1.165, 1.54) is 11.8 Å². The predicted molar refractivity (Wildman–Crippen MR) is 66.8 cm³/mol. The number of nitrogens with two attached hydrogens (primary N) is 1. The number of anilines is 1. The number of halogens is 1. The van der Waals surface area contributed by atoms with Gasteiger partial charge in [-0.2, -0.15) is 0 Å². The van der Waals surface area contributed by atoms with Crippen molar-refractivity contribution < 1.29 is 0 Å². The summed E-state index contributed by atoms with van der Waals surface area (Å²) in [5, 5.41) is 0.925. The third-order valence-corrected chi connectivity index (χ3v) is 3.21. The van der Waals surface area contributed by atoms with Gasteiger partial charge in [0, 0.05) is 4.90 Å². The number of aryl methyl sites for hydroxylation is 1. The Morgan fingerprint density at radius 1 is 1.19 bits per heavy atom. The number of nitrogen functional groups attached to an aromatic ring is 1. The zero-order chi connectivity index (χ0) is 11.5. The lowest BCUT2D eigenvalue weighted by atomic mass is 10.4. The molecule has 0 unspecified atom stereocenters. The summed E-state index contributed by atoms with van der Waals surface area (Å²) in [5.74, 6) is 0. The van der Waals surface area contributed by atoms with Crippen LogP contribution in [0.15, 0.2) is 40.3 Å². The molecule has 5 heteroatoms. The SMILES string of the molecule is Cc1nc(Cl)nc(Sc2ccccc2)c1N. The minimum atomic E-state index is 0.227. The van der Waals surface area contributed by atoms with Gasteiger partial charge in [-0.15, -0.1) is 0 Å². The Labute approximate surface area is 103 Å². The van der Waals surface area contributed by atoms with E-state index in [0.29, 0.717) is 16.4 Å². The molecular formula is C11H10ClN3S. The fourth-order valence-corrected chi connectivity index (χ4v) is 2.37. The number of aromatic nitrogens is 2. The maximum Gasteiger partial charge on any atom is 0.223 e. The van der Waals surface area contributed by atoms with E-state index in [9.17, 15) is 0 Å². The monoisotopic (exact) mass is 251 g/mol. The third kappa shape index (κ3) is 2.46. The molecule has 82 valence electrons. The largest absolute Gasteiger partial charge is 0.395 e. The van der Waals surface area contributed by atoms with E-state index < -0.39 is 0 Å². The standard InChI is InChI=1S/C11H10ClN3S/c1-7-9(13)10(15-11(12)14-7)16-8-5-3-2-4-6-8/h2-6H,13H2,1H3. The van der Waals surface area contributed by atoms with Gasteiger partial charge in [-0.05, 0) is 30.7 Å². The van der Waals surface area contributed by atoms with Crippen LogP contribution in [0, 0.1) is 6.92 Å². The molecule has 1 heterocycles. The summed E-state index contributed by atoms with van der Waals surface area (Å²) in [6.45, 7) is 1.82. The Morgan fingerprint density at radius 3 is 2.56 bits per heavy atom. The van der Waals surface area contributed by atoms with E-state index in [1.54, 1.807) is 0 Å². The molecule has 1 aromatic heterocycles. The van der Waals surface area contributed by atoms with Crippen LogP contribution < -0.4 is 5.73 Å². The summed E-state index contributed by atoms with van der Waals surface area (Å²) in [6.07, 6.45) is 0. The van der Waals surface area contributed by atoms with Gasteiger partial charge in [-0.1, -0.05) is 30.0 Å². The molecule has 3 nitrogen and oxygen atoms in total. The Hall–Kier alpha value is -1.26. The number of benzene rings is 1. The molecular weight excluding hydrogens is 242 g/mol. The van der Waals surface area contributed by atoms with Crippen molar-refractivity contribution >= 4 is 29.1 Å². The molecule has 2 N–H and O–H groups in total. The first kappa shape index (κ1) is 11.2. The van der Waals surface area contributed by atoms with Gasteiger partial charge in [-0.3, -0.25) is 0 Å². The average Bonchev–Trinajstić information content (AvgIpc) is 2.27. The highest BCUT2D eigenvalue weighted by atomic mass is 35.5. The fourth-order valence-electron chi connectivity index (χ4n) is 1.20. The minimum absolute atomic E-state index is 0.227. The second kappa shape index (κ2) is 4.72. The highest BCUT2D eigenvalue weighted by Crippen LogP contribution is 2.31. The first-order valence-corrected chi connectivity index (χ1v) is 5.89. The fraction of sp³-hybridized carbons (Fsp3) is 0.0909. The van der Waals surface area contributed by atoms with Gasteiger partial charge in [0.05, 0.1) is 11.4 Å². The van der Waals surface area contributed by atoms with Crippen molar-refractivity contribution in [3.8, 4) is 0 Å². The maximum atomic E-state index is 5.89. The number of nitrogens with zero attached hydrogens (tertiary/aromatic N) is 2. The van der Waals surface area contributed by atoms with E-state index in [2.05, 4.69) is 9.97 Å². The van der Waals surface area contributed by atoms with E-state index >= 15 is 0 Å². The normalized spacial score (nSPS) is 10.4. The van der Waals surface area contributed by atoms with E-state index in [4.69, 9.17) is 17.3 Å². The second-order valence-electron chi connectivity index (χ2n) is 3.21. The van der Waals surface area contributed by atoms with Gasteiger partial charge in [0.25, 0.3) is 0 Å². The zero-order valence-corrected chi connectivity index (χ0v) is 10.2. The van der Waals surface area contributed by atoms with Gasteiger partial charge < -0.3 is 5.73 Å². The van der Waals surface area contributed by atoms with Crippen LogP contribution in [0.4, 0.5) is 5.69 Å². The molecule has 1 aromatic carbocycles. The minimum Gasteiger partial charge on any atom is -0.395 e. The quantitative estimate of drug-likeness (QED) is 0.658. The van der Waals surface area contributed by atoms with Crippen LogP contribution in [0.5, 0.6) is 0 Å². The molecule has 0 bridgehead atoms. The lowest BCUT2D eigenvalue weighted by Crippen LogP contribution is -1.99. The topological polar surface area (TPSA) is 51.8 Å². The molecule has 0 saturated carbocycles. The molecule has 0 spiro atoms. The Morgan fingerprint density at radius 2 is 1.88 bits per heavy atom. The predicted octanol–water partition coefficient (Wildman–Crippen LogP) is 3.17. The lowest BCUT2D eigenvalue weighted by Gasteiger charge is -2.06. The molecule has 0 aliphatic rings. The lowest BCUT2D eigenvalue weighted by molar-refractivity contribution is 1.02. The first-order chi connectivity index (χ1) is 7.66. The van der Waals surface area contributed by atoms with Crippen LogP contribution in [0.2, 0.25) is 5.28 Å². The van der Waals surface area contributed by atoms with Gasteiger partial charge in [0.15, 0.2) is 0 Å². The molecule has 16 heavy (non-hydrogen) atoms.